The first kappa shape index (κ1) is 19.7. The fourth-order valence-electron chi connectivity index (χ4n) is 4.07. The highest BCUT2D eigenvalue weighted by Gasteiger charge is 2.18. The predicted octanol–water partition coefficient (Wildman–Crippen LogP) is 4.04. The van der Waals surface area contributed by atoms with Crippen molar-refractivity contribution in [1.82, 2.24) is 14.8 Å². The Morgan fingerprint density at radius 3 is 2.60 bits per heavy atom. The molecule has 30 heavy (non-hydrogen) atoms. The molecule has 156 valence electrons. The number of ether oxygens (including phenoxy) is 2. The van der Waals surface area contributed by atoms with Gasteiger partial charge in [0, 0.05) is 61.5 Å². The summed E-state index contributed by atoms with van der Waals surface area (Å²) in [6, 6.07) is 17.1. The maximum Gasteiger partial charge on any atom is 0.123 e. The van der Waals surface area contributed by atoms with E-state index in [2.05, 4.69) is 57.2 Å². The molecule has 0 radical (unpaired) electrons. The summed E-state index contributed by atoms with van der Waals surface area (Å²) >= 11 is 1.78. The van der Waals surface area contributed by atoms with Crippen molar-refractivity contribution in [1.29, 1.82) is 0 Å². The van der Waals surface area contributed by atoms with Crippen molar-refractivity contribution < 1.29 is 9.47 Å². The first-order chi connectivity index (χ1) is 14.8. The highest BCUT2D eigenvalue weighted by Crippen LogP contribution is 2.29. The highest BCUT2D eigenvalue weighted by atomic mass is 32.1. The van der Waals surface area contributed by atoms with Crippen molar-refractivity contribution in [3.63, 3.8) is 0 Å². The second-order valence-electron chi connectivity index (χ2n) is 7.89. The van der Waals surface area contributed by atoms with Crippen LogP contribution in [0.3, 0.4) is 0 Å². The Hall–Kier alpha value is -2.25. The van der Waals surface area contributed by atoms with E-state index < -0.39 is 0 Å². The SMILES string of the molecule is c1ccc(-c2ncc(CN3CCOc4ccc(CN5CCOCC5)cc4C3)s2)cc1. The van der Waals surface area contributed by atoms with Crippen molar-refractivity contribution in [2.24, 2.45) is 0 Å². The third-order valence-corrected chi connectivity index (χ3v) is 6.68. The van der Waals surface area contributed by atoms with Gasteiger partial charge in [-0.3, -0.25) is 9.80 Å². The molecule has 0 atom stereocenters. The largest absolute Gasteiger partial charge is 0.492 e. The van der Waals surface area contributed by atoms with Gasteiger partial charge in [-0.25, -0.2) is 4.98 Å². The van der Waals surface area contributed by atoms with E-state index >= 15 is 0 Å². The summed E-state index contributed by atoms with van der Waals surface area (Å²) in [6.07, 6.45) is 2.02. The molecule has 2 aromatic carbocycles. The lowest BCUT2D eigenvalue weighted by atomic mass is 10.1. The molecular formula is C24H27N3O2S. The Morgan fingerprint density at radius 2 is 1.73 bits per heavy atom. The second-order valence-corrected chi connectivity index (χ2v) is 9.00. The molecule has 0 amide bonds. The Bertz CT molecular complexity index is 970. The minimum atomic E-state index is 0.722. The third-order valence-electron chi connectivity index (χ3n) is 5.65. The molecule has 0 aliphatic carbocycles. The highest BCUT2D eigenvalue weighted by molar-refractivity contribution is 7.15. The van der Waals surface area contributed by atoms with Gasteiger partial charge in [0.25, 0.3) is 0 Å². The number of fused-ring (bicyclic) bond motifs is 1. The zero-order valence-electron chi connectivity index (χ0n) is 17.1. The molecule has 0 spiro atoms. The molecule has 1 aromatic heterocycles. The zero-order valence-corrected chi connectivity index (χ0v) is 17.9. The average Bonchev–Trinajstić information content (AvgIpc) is 3.15. The van der Waals surface area contributed by atoms with Crippen molar-refractivity contribution in [3.8, 4) is 16.3 Å². The Morgan fingerprint density at radius 1 is 0.900 bits per heavy atom. The molecule has 2 aliphatic heterocycles. The van der Waals surface area contributed by atoms with E-state index in [0.29, 0.717) is 0 Å². The lowest BCUT2D eigenvalue weighted by molar-refractivity contribution is 0.0342. The van der Waals surface area contributed by atoms with Crippen LogP contribution in [0.2, 0.25) is 0 Å². The van der Waals surface area contributed by atoms with Crippen molar-refractivity contribution in [2.75, 3.05) is 39.5 Å². The molecule has 3 aromatic rings. The van der Waals surface area contributed by atoms with Crippen LogP contribution in [0.15, 0.2) is 54.7 Å². The second kappa shape index (κ2) is 9.27. The average molecular weight is 422 g/mol. The van der Waals surface area contributed by atoms with Gasteiger partial charge in [-0.1, -0.05) is 36.4 Å². The molecule has 1 fully saturated rings. The summed E-state index contributed by atoms with van der Waals surface area (Å²) in [4.78, 5) is 10.9. The standard InChI is InChI=1S/C24H27N3O2S/c1-2-4-20(5-3-1)24-25-15-22(30-24)18-27-10-13-29-23-7-6-19(14-21(23)17-27)16-26-8-11-28-12-9-26/h1-7,14-15H,8-13,16-18H2. The lowest BCUT2D eigenvalue weighted by Crippen LogP contribution is -2.35. The molecule has 3 heterocycles. The number of hydrogen-bond acceptors (Lipinski definition) is 6. The van der Waals surface area contributed by atoms with Crippen LogP contribution in [0.5, 0.6) is 5.75 Å². The minimum absolute atomic E-state index is 0.722. The first-order valence-corrected chi connectivity index (χ1v) is 11.4. The van der Waals surface area contributed by atoms with Gasteiger partial charge in [0.05, 0.1) is 13.2 Å². The van der Waals surface area contributed by atoms with Crippen LogP contribution >= 0.6 is 11.3 Å². The molecule has 5 rings (SSSR count). The van der Waals surface area contributed by atoms with Crippen LogP contribution in [0.4, 0.5) is 0 Å². The third kappa shape index (κ3) is 4.73. The number of thiazole rings is 1. The van der Waals surface area contributed by atoms with Crippen LogP contribution in [-0.2, 0) is 24.4 Å². The van der Waals surface area contributed by atoms with Gasteiger partial charge in [0.15, 0.2) is 0 Å². The van der Waals surface area contributed by atoms with E-state index in [4.69, 9.17) is 9.47 Å². The zero-order chi connectivity index (χ0) is 20.2. The summed E-state index contributed by atoms with van der Waals surface area (Å²) in [5.41, 5.74) is 3.82. The molecule has 6 heteroatoms. The fourth-order valence-corrected chi connectivity index (χ4v) is 5.03. The van der Waals surface area contributed by atoms with Crippen molar-refractivity contribution >= 4 is 11.3 Å². The molecule has 5 nitrogen and oxygen atoms in total. The lowest BCUT2D eigenvalue weighted by Gasteiger charge is -2.27. The molecule has 0 saturated carbocycles. The van der Waals surface area contributed by atoms with E-state index in [9.17, 15) is 0 Å². The topological polar surface area (TPSA) is 37.8 Å². The minimum Gasteiger partial charge on any atom is -0.492 e. The predicted molar refractivity (Wildman–Crippen MR) is 120 cm³/mol. The van der Waals surface area contributed by atoms with Gasteiger partial charge < -0.3 is 9.47 Å². The smallest absolute Gasteiger partial charge is 0.123 e. The summed E-state index contributed by atoms with van der Waals surface area (Å²) in [5.74, 6) is 1.03. The van der Waals surface area contributed by atoms with E-state index in [1.165, 1.54) is 21.6 Å². The summed E-state index contributed by atoms with van der Waals surface area (Å²) < 4.78 is 11.5. The number of benzene rings is 2. The van der Waals surface area contributed by atoms with Crippen molar-refractivity contribution in [2.45, 2.75) is 19.6 Å². The summed E-state index contributed by atoms with van der Waals surface area (Å²) in [5, 5.41) is 1.09. The number of nitrogens with zero attached hydrogens (tertiary/aromatic N) is 3. The van der Waals surface area contributed by atoms with Crippen molar-refractivity contribution in [3.05, 3.63) is 70.7 Å². The summed E-state index contributed by atoms with van der Waals surface area (Å²) in [6.45, 7) is 8.12. The van der Waals surface area contributed by atoms with E-state index in [1.807, 2.05) is 12.3 Å². The van der Waals surface area contributed by atoms with Crippen LogP contribution < -0.4 is 4.74 Å². The molecule has 1 saturated heterocycles. The monoisotopic (exact) mass is 421 g/mol. The maximum absolute atomic E-state index is 6.05. The van der Waals surface area contributed by atoms with Gasteiger partial charge in [-0.15, -0.1) is 11.3 Å². The Kier molecular flexibility index (Phi) is 6.08. The number of aromatic nitrogens is 1. The van der Waals surface area contributed by atoms with Gasteiger partial charge in [-0.05, 0) is 17.7 Å². The van der Waals surface area contributed by atoms with Crippen LogP contribution in [0, 0.1) is 0 Å². The quantitative estimate of drug-likeness (QED) is 0.622. The molecule has 0 bridgehead atoms. The Labute approximate surface area is 181 Å². The maximum atomic E-state index is 6.05. The summed E-state index contributed by atoms with van der Waals surface area (Å²) in [7, 11) is 0. The number of rotatable bonds is 5. The van der Waals surface area contributed by atoms with Gasteiger partial charge in [-0.2, -0.15) is 0 Å². The Balaban J connectivity index is 1.27. The fraction of sp³-hybridized carbons (Fsp3) is 0.375. The normalized spacial score (nSPS) is 17.9. The van der Waals surface area contributed by atoms with Gasteiger partial charge in [0.1, 0.15) is 17.4 Å². The molecule has 0 N–H and O–H groups in total. The number of hydrogen-bond donors (Lipinski definition) is 0. The van der Waals surface area contributed by atoms with E-state index in [0.717, 1.165) is 69.8 Å². The molecular weight excluding hydrogens is 394 g/mol. The first-order valence-electron chi connectivity index (χ1n) is 10.6. The van der Waals surface area contributed by atoms with Crippen LogP contribution in [0.1, 0.15) is 16.0 Å². The number of morpholine rings is 1. The van der Waals surface area contributed by atoms with Gasteiger partial charge >= 0.3 is 0 Å². The van der Waals surface area contributed by atoms with Crippen LogP contribution in [0.25, 0.3) is 10.6 Å². The van der Waals surface area contributed by atoms with Gasteiger partial charge in [0.2, 0.25) is 0 Å². The van der Waals surface area contributed by atoms with Crippen LogP contribution in [-0.4, -0.2) is 54.2 Å². The molecule has 0 unspecified atom stereocenters. The van der Waals surface area contributed by atoms with E-state index in [-0.39, 0.29) is 0 Å². The molecule has 2 aliphatic rings. The van der Waals surface area contributed by atoms with E-state index in [1.54, 1.807) is 11.3 Å².